The lowest BCUT2D eigenvalue weighted by molar-refractivity contribution is -0.375. The zero-order valence-corrected chi connectivity index (χ0v) is 42.9. The van der Waals surface area contributed by atoms with Crippen molar-refractivity contribution in [2.24, 2.45) is 46.3 Å². The van der Waals surface area contributed by atoms with Gasteiger partial charge < -0.3 is 109 Å². The predicted molar refractivity (Wildman–Crippen MR) is 249 cm³/mol. The molecule has 22 nitrogen and oxygen atoms in total. The van der Waals surface area contributed by atoms with Gasteiger partial charge in [0.2, 0.25) is 0 Å². The maximum absolute atomic E-state index is 12.0. The Labute approximate surface area is 426 Å². The Morgan fingerprint density at radius 1 is 0.740 bits per heavy atom. The summed E-state index contributed by atoms with van der Waals surface area (Å²) in [6.07, 6.45) is -15.3. The molecule has 3 saturated carbocycles. The number of allylic oxidation sites excluding steroid dienone is 1. The molecule has 0 aromatic carbocycles. The Morgan fingerprint density at radius 3 is 2.11 bits per heavy atom. The highest BCUT2D eigenvalue weighted by atomic mass is 16.8. The van der Waals surface area contributed by atoms with Gasteiger partial charge in [-0.2, -0.15) is 0 Å². The Balaban J connectivity index is 0.849. The van der Waals surface area contributed by atoms with E-state index in [2.05, 4.69) is 26.8 Å². The predicted octanol–water partition coefficient (Wildman–Crippen LogP) is -1.71. The van der Waals surface area contributed by atoms with Crippen LogP contribution >= 0.6 is 0 Å². The standard InChI is InChI=1S/C51H84O22/c1-22(19-65-44-38(59)37(58)35(56)31(17-52)69-44)9-14-51(64-6)23(2)33-30(73-51)16-29-27-8-7-25-15-26(10-12-48(25,4)28(27)11-13-49(29,33)5)68-46-42(72-47-43(62)50(63,20-54)21-66-47)40(61)41(32(18-53)70-46)71-45-39(60)36(57)34(55)24(3)67-45/h7,22-24,26-47,52-63H,8-21H2,1-6H3/t22-,23+,24+,26+,27-,28+,29+,30+,31-,32-,33+,34+,35-,36-,37+,38-,39-,40+,41+,42-,43+,44-,45+,46-,47+,48+,49+,50-,51-/m1/s1. The molecule has 0 radical (unpaired) electrons. The molecular formula is C51H84O22. The van der Waals surface area contributed by atoms with Crippen molar-refractivity contribution in [1.29, 1.82) is 0 Å². The molecule has 0 aromatic heterocycles. The molecule has 9 aliphatic rings. The first-order valence-electron chi connectivity index (χ1n) is 26.7. The van der Waals surface area contributed by atoms with Crippen molar-refractivity contribution in [3.8, 4) is 0 Å². The maximum atomic E-state index is 12.0. The van der Waals surface area contributed by atoms with E-state index in [0.717, 1.165) is 32.1 Å². The third-order valence-electron chi connectivity index (χ3n) is 19.5. The van der Waals surface area contributed by atoms with Gasteiger partial charge in [0, 0.05) is 19.4 Å². The fourth-order valence-electron chi connectivity index (χ4n) is 15.0. The molecule has 5 saturated heterocycles. The van der Waals surface area contributed by atoms with E-state index in [1.165, 1.54) is 12.5 Å². The summed E-state index contributed by atoms with van der Waals surface area (Å²) in [7, 11) is 1.72. The topological polar surface area (TPSA) is 335 Å². The van der Waals surface area contributed by atoms with Crippen LogP contribution in [-0.2, 0) is 47.4 Å². The van der Waals surface area contributed by atoms with E-state index in [4.69, 9.17) is 47.4 Å². The molecule has 0 unspecified atom stereocenters. The summed E-state index contributed by atoms with van der Waals surface area (Å²) in [5, 5.41) is 126. The van der Waals surface area contributed by atoms with Crippen molar-refractivity contribution >= 4 is 0 Å². The van der Waals surface area contributed by atoms with Crippen LogP contribution in [0.1, 0.15) is 92.4 Å². The lowest BCUT2D eigenvalue weighted by atomic mass is 9.47. The highest BCUT2D eigenvalue weighted by Crippen LogP contribution is 2.70. The first kappa shape index (κ1) is 56.6. The molecule has 12 N–H and O–H groups in total. The van der Waals surface area contributed by atoms with Gasteiger partial charge in [-0.25, -0.2) is 0 Å². The molecule has 22 heteroatoms. The average molecular weight is 1050 g/mol. The zero-order chi connectivity index (χ0) is 52.7. The fraction of sp³-hybridized carbons (Fsp3) is 0.961. The fourth-order valence-corrected chi connectivity index (χ4v) is 15.0. The molecular weight excluding hydrogens is 965 g/mol. The van der Waals surface area contributed by atoms with E-state index >= 15 is 0 Å². The number of aliphatic hydroxyl groups excluding tert-OH is 11. The molecule has 8 fully saturated rings. The highest BCUT2D eigenvalue weighted by Gasteiger charge is 2.68. The van der Waals surface area contributed by atoms with Crippen molar-refractivity contribution in [2.45, 2.75) is 221 Å². The van der Waals surface area contributed by atoms with Crippen LogP contribution in [0.25, 0.3) is 0 Å². The Bertz CT molecular complexity index is 1900. The highest BCUT2D eigenvalue weighted by molar-refractivity contribution is 5.26. The molecule has 5 heterocycles. The number of ether oxygens (including phenoxy) is 10. The number of aliphatic hydroxyl groups is 12. The smallest absolute Gasteiger partial charge is 0.187 e. The van der Waals surface area contributed by atoms with Crippen LogP contribution in [-0.4, -0.2) is 230 Å². The number of methoxy groups -OCH3 is 1. The van der Waals surface area contributed by atoms with Crippen molar-refractivity contribution in [1.82, 2.24) is 0 Å². The van der Waals surface area contributed by atoms with E-state index in [0.29, 0.717) is 43.4 Å². The number of fused-ring (bicyclic) bond motifs is 7. The zero-order valence-electron chi connectivity index (χ0n) is 42.9. The lowest BCUT2D eigenvalue weighted by Gasteiger charge is -2.58. The lowest BCUT2D eigenvalue weighted by Crippen LogP contribution is -2.65. The van der Waals surface area contributed by atoms with Gasteiger partial charge >= 0.3 is 0 Å². The second-order valence-corrected chi connectivity index (χ2v) is 23.7. The van der Waals surface area contributed by atoms with Crippen molar-refractivity contribution < 1.29 is 109 Å². The second-order valence-electron chi connectivity index (χ2n) is 23.7. The number of hydrogen-bond donors (Lipinski definition) is 12. The third-order valence-corrected chi connectivity index (χ3v) is 19.5. The second kappa shape index (κ2) is 21.8. The number of rotatable bonds is 16. The molecule has 5 aliphatic heterocycles. The molecule has 0 spiro atoms. The van der Waals surface area contributed by atoms with E-state index in [-0.39, 0.29) is 41.3 Å². The van der Waals surface area contributed by atoms with Gasteiger partial charge in [-0.3, -0.25) is 0 Å². The van der Waals surface area contributed by atoms with E-state index < -0.39 is 148 Å². The Morgan fingerprint density at radius 2 is 1.42 bits per heavy atom. The Hall–Kier alpha value is -1.14. The summed E-state index contributed by atoms with van der Waals surface area (Å²) in [6.45, 7) is 8.29. The summed E-state index contributed by atoms with van der Waals surface area (Å²) in [5.74, 6) is 0.895. The van der Waals surface area contributed by atoms with Crippen LogP contribution < -0.4 is 0 Å². The SMILES string of the molecule is CO[C@]1(CC[C@@H](C)CO[C@@H]2O[C@H](CO)[C@@H](O)[C@H](O)[C@H]2O)O[C@H]2C[C@H]3[C@@H]4CC=C5C[C@@H](O[C@@H]6O[C@H](CO)[C@H](O[C@@H]7O[C@@H](C)[C@H](O)[C@@H](O)[C@H]7O)[C@H](O)[C@H]6O[C@@H]6OC[C@](O)(CO)[C@H]6O)CC[C@]5(C)[C@H]4CC[C@]3(C)[C@H]2[C@@H]1C. The molecule has 0 bridgehead atoms. The van der Waals surface area contributed by atoms with Crippen molar-refractivity contribution in [3.63, 3.8) is 0 Å². The van der Waals surface area contributed by atoms with Crippen LogP contribution in [0.3, 0.4) is 0 Å². The molecule has 0 aromatic rings. The molecule has 0 amide bonds. The quantitative estimate of drug-likeness (QED) is 0.0766. The Kier molecular flexibility index (Phi) is 16.9. The van der Waals surface area contributed by atoms with Gasteiger partial charge in [-0.1, -0.05) is 39.3 Å². The van der Waals surface area contributed by atoms with Gasteiger partial charge in [-0.05, 0) is 98.7 Å². The molecule has 420 valence electrons. The van der Waals surface area contributed by atoms with Gasteiger partial charge in [0.15, 0.2) is 30.9 Å². The van der Waals surface area contributed by atoms with Gasteiger partial charge in [0.1, 0.15) is 78.8 Å². The maximum Gasteiger partial charge on any atom is 0.187 e. The van der Waals surface area contributed by atoms with Crippen LogP contribution in [0, 0.1) is 46.3 Å². The van der Waals surface area contributed by atoms with Crippen LogP contribution in [0.2, 0.25) is 0 Å². The first-order valence-corrected chi connectivity index (χ1v) is 26.7. The summed E-state index contributed by atoms with van der Waals surface area (Å²) in [4.78, 5) is 0. The normalized spacial score (nSPS) is 54.3. The largest absolute Gasteiger partial charge is 0.394 e. The minimum atomic E-state index is -2.05. The van der Waals surface area contributed by atoms with E-state index in [1.54, 1.807) is 7.11 Å². The van der Waals surface area contributed by atoms with E-state index in [1.807, 2.05) is 6.92 Å². The van der Waals surface area contributed by atoms with Crippen LogP contribution in [0.5, 0.6) is 0 Å². The number of hydrogen-bond acceptors (Lipinski definition) is 22. The summed E-state index contributed by atoms with van der Waals surface area (Å²) in [5.41, 5.74) is -0.851. The van der Waals surface area contributed by atoms with Crippen molar-refractivity contribution in [2.75, 3.05) is 40.1 Å². The van der Waals surface area contributed by atoms with E-state index in [9.17, 15) is 61.3 Å². The minimum absolute atomic E-state index is 0.00550. The summed E-state index contributed by atoms with van der Waals surface area (Å²) < 4.78 is 61.1. The minimum Gasteiger partial charge on any atom is -0.394 e. The molecule has 9 rings (SSSR count). The van der Waals surface area contributed by atoms with Gasteiger partial charge in [0.05, 0.1) is 51.3 Å². The molecule has 29 atom stereocenters. The average Bonchev–Trinajstić information content (AvgIpc) is 3.96. The van der Waals surface area contributed by atoms with Crippen molar-refractivity contribution in [3.05, 3.63) is 11.6 Å². The first-order chi connectivity index (χ1) is 34.6. The van der Waals surface area contributed by atoms with Gasteiger partial charge in [0.25, 0.3) is 0 Å². The van der Waals surface area contributed by atoms with Gasteiger partial charge in [-0.15, -0.1) is 0 Å². The monoisotopic (exact) mass is 1050 g/mol. The third kappa shape index (κ3) is 9.94. The molecule has 4 aliphatic carbocycles. The van der Waals surface area contributed by atoms with Crippen LogP contribution in [0.15, 0.2) is 11.6 Å². The summed E-state index contributed by atoms with van der Waals surface area (Å²) >= 11 is 0. The summed E-state index contributed by atoms with van der Waals surface area (Å²) in [6, 6.07) is 0. The molecule has 73 heavy (non-hydrogen) atoms. The van der Waals surface area contributed by atoms with Crippen LogP contribution in [0.4, 0.5) is 0 Å².